The zero-order valence-corrected chi connectivity index (χ0v) is 10.5. The fourth-order valence-corrected chi connectivity index (χ4v) is 2.72. The SMILES string of the molecule is O=c1ccn(CC2(CS)CC2)c2ccccc12. The van der Waals surface area contributed by atoms with Gasteiger partial charge in [0.1, 0.15) is 0 Å². The van der Waals surface area contributed by atoms with Crippen LogP contribution in [-0.2, 0) is 6.54 Å². The monoisotopic (exact) mass is 245 g/mol. The Kier molecular flexibility index (Phi) is 2.51. The van der Waals surface area contributed by atoms with E-state index in [1.807, 2.05) is 30.5 Å². The molecule has 1 aliphatic rings. The summed E-state index contributed by atoms with van der Waals surface area (Å²) in [7, 11) is 0. The number of aromatic nitrogens is 1. The van der Waals surface area contributed by atoms with Crippen molar-refractivity contribution in [3.63, 3.8) is 0 Å². The van der Waals surface area contributed by atoms with Gasteiger partial charge in [0, 0.05) is 24.2 Å². The molecule has 1 saturated carbocycles. The molecule has 3 heteroatoms. The zero-order valence-electron chi connectivity index (χ0n) is 9.60. The molecular formula is C14H15NOS. The Morgan fingerprint density at radius 3 is 2.71 bits per heavy atom. The average Bonchev–Trinajstić information content (AvgIpc) is 3.14. The fraction of sp³-hybridized carbons (Fsp3) is 0.357. The fourth-order valence-electron chi connectivity index (χ4n) is 2.30. The first-order chi connectivity index (χ1) is 8.24. The van der Waals surface area contributed by atoms with Gasteiger partial charge in [0.15, 0.2) is 5.43 Å². The minimum absolute atomic E-state index is 0.104. The molecule has 3 rings (SSSR count). The van der Waals surface area contributed by atoms with Crippen molar-refractivity contribution in [1.29, 1.82) is 0 Å². The van der Waals surface area contributed by atoms with E-state index in [1.165, 1.54) is 12.8 Å². The Balaban J connectivity index is 2.11. The van der Waals surface area contributed by atoms with Crippen molar-refractivity contribution < 1.29 is 0 Å². The Labute approximate surface area is 106 Å². The smallest absolute Gasteiger partial charge is 0.189 e. The summed E-state index contributed by atoms with van der Waals surface area (Å²) in [5.41, 5.74) is 1.50. The number of rotatable bonds is 3. The number of benzene rings is 1. The molecular weight excluding hydrogens is 230 g/mol. The van der Waals surface area contributed by atoms with Crippen LogP contribution in [0.25, 0.3) is 10.9 Å². The van der Waals surface area contributed by atoms with Crippen LogP contribution in [0.4, 0.5) is 0 Å². The highest BCUT2D eigenvalue weighted by molar-refractivity contribution is 7.80. The van der Waals surface area contributed by atoms with Gasteiger partial charge in [-0.25, -0.2) is 0 Å². The summed E-state index contributed by atoms with van der Waals surface area (Å²) < 4.78 is 2.19. The van der Waals surface area contributed by atoms with Crippen LogP contribution in [0.3, 0.4) is 0 Å². The van der Waals surface area contributed by atoms with E-state index >= 15 is 0 Å². The lowest BCUT2D eigenvalue weighted by Gasteiger charge is -2.16. The minimum atomic E-state index is 0.104. The predicted octanol–water partition coefficient (Wildman–Crippen LogP) is 2.71. The molecule has 1 aliphatic carbocycles. The van der Waals surface area contributed by atoms with Crippen LogP contribution < -0.4 is 5.43 Å². The largest absolute Gasteiger partial charge is 0.347 e. The Bertz CT molecular complexity index is 613. The van der Waals surface area contributed by atoms with Gasteiger partial charge in [-0.1, -0.05) is 12.1 Å². The van der Waals surface area contributed by atoms with E-state index in [-0.39, 0.29) is 5.43 Å². The van der Waals surface area contributed by atoms with Crippen molar-refractivity contribution in [3.8, 4) is 0 Å². The Morgan fingerprint density at radius 2 is 2.00 bits per heavy atom. The normalized spacial score (nSPS) is 17.2. The van der Waals surface area contributed by atoms with Crippen LogP contribution in [0.1, 0.15) is 12.8 Å². The van der Waals surface area contributed by atoms with Crippen molar-refractivity contribution in [2.75, 3.05) is 5.75 Å². The highest BCUT2D eigenvalue weighted by Gasteiger charge is 2.41. The molecule has 1 aromatic heterocycles. The van der Waals surface area contributed by atoms with Crippen molar-refractivity contribution >= 4 is 23.5 Å². The third kappa shape index (κ3) is 1.89. The number of hydrogen-bond acceptors (Lipinski definition) is 2. The van der Waals surface area contributed by atoms with Gasteiger partial charge in [-0.2, -0.15) is 12.6 Å². The van der Waals surface area contributed by atoms with E-state index in [4.69, 9.17) is 0 Å². The quantitative estimate of drug-likeness (QED) is 0.825. The molecule has 0 aliphatic heterocycles. The van der Waals surface area contributed by atoms with Gasteiger partial charge in [0.05, 0.1) is 5.52 Å². The summed E-state index contributed by atoms with van der Waals surface area (Å²) in [5.74, 6) is 0.924. The number of pyridine rings is 1. The molecule has 2 aromatic rings. The number of thiol groups is 1. The topological polar surface area (TPSA) is 22.0 Å². The van der Waals surface area contributed by atoms with Gasteiger partial charge < -0.3 is 4.57 Å². The van der Waals surface area contributed by atoms with Crippen molar-refractivity contribution in [3.05, 3.63) is 46.8 Å². The lowest BCUT2D eigenvalue weighted by molar-refractivity contribution is 0.482. The number of fused-ring (bicyclic) bond motifs is 1. The predicted molar refractivity (Wildman–Crippen MR) is 73.7 cm³/mol. The summed E-state index contributed by atoms with van der Waals surface area (Å²) in [6.07, 6.45) is 4.40. The number of nitrogens with zero attached hydrogens (tertiary/aromatic N) is 1. The maximum Gasteiger partial charge on any atom is 0.189 e. The second-order valence-corrected chi connectivity index (χ2v) is 5.30. The summed E-state index contributed by atoms with van der Waals surface area (Å²) in [4.78, 5) is 11.8. The number of hydrogen-bond donors (Lipinski definition) is 1. The van der Waals surface area contributed by atoms with E-state index in [0.717, 1.165) is 23.2 Å². The van der Waals surface area contributed by atoms with Gasteiger partial charge in [0.2, 0.25) is 0 Å². The van der Waals surface area contributed by atoms with E-state index in [1.54, 1.807) is 6.07 Å². The van der Waals surface area contributed by atoms with E-state index in [9.17, 15) is 4.79 Å². The van der Waals surface area contributed by atoms with Gasteiger partial charge in [-0.3, -0.25) is 4.79 Å². The molecule has 1 fully saturated rings. The molecule has 1 heterocycles. The minimum Gasteiger partial charge on any atom is -0.347 e. The van der Waals surface area contributed by atoms with Crippen LogP contribution in [0.5, 0.6) is 0 Å². The van der Waals surface area contributed by atoms with E-state index in [2.05, 4.69) is 17.2 Å². The highest BCUT2D eigenvalue weighted by Crippen LogP contribution is 2.48. The van der Waals surface area contributed by atoms with Crippen LogP contribution in [0, 0.1) is 5.41 Å². The first-order valence-corrected chi connectivity index (χ1v) is 6.56. The Morgan fingerprint density at radius 1 is 1.24 bits per heavy atom. The van der Waals surface area contributed by atoms with E-state index < -0.39 is 0 Å². The first kappa shape index (κ1) is 10.9. The van der Waals surface area contributed by atoms with Gasteiger partial charge in [-0.15, -0.1) is 0 Å². The molecule has 2 nitrogen and oxygen atoms in total. The molecule has 0 atom stereocenters. The maximum atomic E-state index is 11.8. The van der Waals surface area contributed by atoms with Crippen LogP contribution in [0.2, 0.25) is 0 Å². The van der Waals surface area contributed by atoms with Crippen LogP contribution in [-0.4, -0.2) is 10.3 Å². The third-order valence-corrected chi connectivity index (χ3v) is 4.35. The van der Waals surface area contributed by atoms with Gasteiger partial charge >= 0.3 is 0 Å². The standard InChI is InChI=1S/C14H15NOS/c16-13-5-8-15(9-14(10-17)6-7-14)12-4-2-1-3-11(12)13/h1-5,8,17H,6-7,9-10H2. The highest BCUT2D eigenvalue weighted by atomic mass is 32.1. The van der Waals surface area contributed by atoms with Crippen molar-refractivity contribution in [2.24, 2.45) is 5.41 Å². The van der Waals surface area contributed by atoms with Gasteiger partial charge in [-0.05, 0) is 36.1 Å². The summed E-state index contributed by atoms with van der Waals surface area (Å²) >= 11 is 4.43. The van der Waals surface area contributed by atoms with Crippen molar-refractivity contribution in [2.45, 2.75) is 19.4 Å². The molecule has 0 saturated heterocycles. The molecule has 0 bridgehead atoms. The van der Waals surface area contributed by atoms with Crippen molar-refractivity contribution in [1.82, 2.24) is 4.57 Å². The van der Waals surface area contributed by atoms with E-state index in [0.29, 0.717) is 5.41 Å². The average molecular weight is 245 g/mol. The second kappa shape index (κ2) is 3.91. The lowest BCUT2D eigenvalue weighted by Crippen LogP contribution is -2.16. The summed E-state index contributed by atoms with van der Waals surface area (Å²) in [5, 5.41) is 0.810. The molecule has 0 unspecified atom stereocenters. The lowest BCUT2D eigenvalue weighted by atomic mass is 10.1. The molecule has 0 N–H and O–H groups in total. The first-order valence-electron chi connectivity index (χ1n) is 5.93. The Hall–Kier alpha value is -1.22. The van der Waals surface area contributed by atoms with Gasteiger partial charge in [0.25, 0.3) is 0 Å². The second-order valence-electron chi connectivity index (χ2n) is 4.98. The molecule has 17 heavy (non-hydrogen) atoms. The molecule has 1 aromatic carbocycles. The zero-order chi connectivity index (χ0) is 11.9. The number of para-hydroxylation sites is 1. The molecule has 0 amide bonds. The van der Waals surface area contributed by atoms with Crippen LogP contribution in [0.15, 0.2) is 41.3 Å². The van der Waals surface area contributed by atoms with Crippen LogP contribution >= 0.6 is 12.6 Å². The summed E-state index contributed by atoms with van der Waals surface area (Å²) in [6, 6.07) is 9.48. The summed E-state index contributed by atoms with van der Waals surface area (Å²) in [6.45, 7) is 0.970. The molecule has 88 valence electrons. The molecule has 0 radical (unpaired) electrons. The molecule has 0 spiro atoms. The third-order valence-electron chi connectivity index (χ3n) is 3.68. The maximum absolute atomic E-state index is 11.8.